The highest BCUT2D eigenvalue weighted by molar-refractivity contribution is 5.84. The number of carboxylic acid groups (broad SMARTS) is 1. The molecular formula is C11H7F4N2O2-. The van der Waals surface area contributed by atoms with Crippen molar-refractivity contribution in [3.63, 3.8) is 0 Å². The molecule has 8 heteroatoms. The van der Waals surface area contributed by atoms with Gasteiger partial charge in [-0.1, -0.05) is 6.92 Å². The van der Waals surface area contributed by atoms with Crippen LogP contribution < -0.4 is 10.4 Å². The first-order valence-electron chi connectivity index (χ1n) is 5.03. The molecule has 0 aliphatic carbocycles. The molecule has 0 atom stereocenters. The SMILES string of the molecule is CCc1cc(NC(=O)[O-])c(C#N)c(F)c1C(F)(F)F. The molecule has 0 bridgehead atoms. The van der Waals surface area contributed by atoms with Crippen LogP contribution in [-0.4, -0.2) is 6.09 Å². The average molecular weight is 275 g/mol. The second kappa shape index (κ2) is 5.14. The molecule has 1 amide bonds. The molecule has 1 aromatic carbocycles. The maximum absolute atomic E-state index is 13.7. The minimum atomic E-state index is -4.97. The number of hydrogen-bond acceptors (Lipinski definition) is 3. The molecule has 0 aliphatic rings. The number of amides is 1. The Balaban J connectivity index is 3.63. The molecule has 0 aliphatic heterocycles. The van der Waals surface area contributed by atoms with Gasteiger partial charge in [-0.2, -0.15) is 18.4 Å². The summed E-state index contributed by atoms with van der Waals surface area (Å²) in [6, 6.07) is 1.98. The van der Waals surface area contributed by atoms with Gasteiger partial charge in [-0.15, -0.1) is 0 Å². The van der Waals surface area contributed by atoms with Gasteiger partial charge in [0.1, 0.15) is 17.7 Å². The summed E-state index contributed by atoms with van der Waals surface area (Å²) in [5, 5.41) is 20.6. The Morgan fingerprint density at radius 3 is 2.47 bits per heavy atom. The molecule has 1 rings (SSSR count). The normalized spacial score (nSPS) is 10.9. The maximum Gasteiger partial charge on any atom is 0.419 e. The predicted octanol–water partition coefficient (Wildman–Crippen LogP) is 2.03. The number of carbonyl (C=O) groups excluding carboxylic acids is 1. The fourth-order valence-electron chi connectivity index (χ4n) is 1.61. The van der Waals surface area contributed by atoms with Crippen molar-refractivity contribution in [1.29, 1.82) is 5.26 Å². The standard InChI is InChI=1S/C11H8F4N2O2/c1-2-5-3-7(17-10(18)19)6(4-16)9(12)8(5)11(13,14)15/h3,17H,2H2,1H3,(H,18,19)/p-1. The summed E-state index contributed by atoms with van der Waals surface area (Å²) in [6.45, 7) is 1.35. The van der Waals surface area contributed by atoms with Crippen molar-refractivity contribution in [2.75, 3.05) is 5.32 Å². The molecule has 102 valence electrons. The fourth-order valence-corrected chi connectivity index (χ4v) is 1.61. The Morgan fingerprint density at radius 2 is 2.11 bits per heavy atom. The first kappa shape index (κ1) is 14.8. The summed E-state index contributed by atoms with van der Waals surface area (Å²) in [5.41, 5.74) is -3.60. The first-order chi connectivity index (χ1) is 8.72. The van der Waals surface area contributed by atoms with Crippen LogP contribution in [0.1, 0.15) is 23.6 Å². The third-order valence-electron chi connectivity index (χ3n) is 2.36. The van der Waals surface area contributed by atoms with Gasteiger partial charge in [-0.05, 0) is 18.1 Å². The number of halogens is 4. The zero-order valence-electron chi connectivity index (χ0n) is 9.56. The van der Waals surface area contributed by atoms with Crippen LogP contribution in [0.4, 0.5) is 28.0 Å². The minimum absolute atomic E-state index is 0.181. The van der Waals surface area contributed by atoms with Crippen molar-refractivity contribution in [1.82, 2.24) is 0 Å². The molecule has 0 radical (unpaired) electrons. The van der Waals surface area contributed by atoms with Gasteiger partial charge in [0.05, 0.1) is 11.3 Å². The number of carbonyl (C=O) groups is 1. The molecule has 0 saturated carbocycles. The molecule has 0 aromatic heterocycles. The van der Waals surface area contributed by atoms with Crippen LogP contribution in [0.15, 0.2) is 6.07 Å². The second-order valence-electron chi connectivity index (χ2n) is 3.52. The second-order valence-corrected chi connectivity index (χ2v) is 3.52. The third-order valence-corrected chi connectivity index (χ3v) is 2.36. The van der Waals surface area contributed by atoms with Crippen LogP contribution in [0.5, 0.6) is 0 Å². The van der Waals surface area contributed by atoms with Gasteiger partial charge in [0.25, 0.3) is 0 Å². The van der Waals surface area contributed by atoms with E-state index in [-0.39, 0.29) is 6.42 Å². The van der Waals surface area contributed by atoms with E-state index in [1.54, 1.807) is 5.32 Å². The number of rotatable bonds is 2. The van der Waals surface area contributed by atoms with Gasteiger partial charge in [0, 0.05) is 0 Å². The number of aryl methyl sites for hydroxylation is 1. The summed E-state index contributed by atoms with van der Waals surface area (Å²) in [7, 11) is 0. The number of alkyl halides is 3. The van der Waals surface area contributed by atoms with E-state index in [2.05, 4.69) is 0 Å². The fraction of sp³-hybridized carbons (Fsp3) is 0.273. The van der Waals surface area contributed by atoms with Crippen molar-refractivity contribution in [3.05, 3.63) is 28.6 Å². The molecular weight excluding hydrogens is 268 g/mol. The summed E-state index contributed by atoms with van der Waals surface area (Å²) < 4.78 is 51.9. The van der Waals surface area contributed by atoms with Crippen molar-refractivity contribution in [2.45, 2.75) is 19.5 Å². The molecule has 0 fully saturated rings. The zero-order valence-corrected chi connectivity index (χ0v) is 9.56. The summed E-state index contributed by atoms with van der Waals surface area (Å²) in [6.07, 6.45) is -7.00. The Morgan fingerprint density at radius 1 is 1.53 bits per heavy atom. The predicted molar refractivity (Wildman–Crippen MR) is 54.5 cm³/mol. The summed E-state index contributed by atoms with van der Waals surface area (Å²) in [5.74, 6) is -1.79. The van der Waals surface area contributed by atoms with E-state index in [0.29, 0.717) is 0 Å². The molecule has 4 nitrogen and oxygen atoms in total. The number of nitrogens with one attached hydrogen (secondary N) is 1. The number of nitrogens with zero attached hydrogens (tertiary/aromatic N) is 1. The minimum Gasteiger partial charge on any atom is -0.530 e. The lowest BCUT2D eigenvalue weighted by Gasteiger charge is -2.17. The Hall–Kier alpha value is -2.30. The monoisotopic (exact) mass is 275 g/mol. The number of hydrogen-bond donors (Lipinski definition) is 1. The lowest BCUT2D eigenvalue weighted by atomic mass is 9.99. The van der Waals surface area contributed by atoms with E-state index in [1.165, 1.54) is 13.0 Å². The molecule has 0 saturated heterocycles. The van der Waals surface area contributed by atoms with Gasteiger partial charge in [-0.25, -0.2) is 4.39 Å². The zero-order chi connectivity index (χ0) is 14.8. The van der Waals surface area contributed by atoms with E-state index >= 15 is 0 Å². The Bertz CT molecular complexity index is 561. The van der Waals surface area contributed by atoms with E-state index in [4.69, 9.17) is 5.26 Å². The molecule has 1 N–H and O–H groups in total. The van der Waals surface area contributed by atoms with E-state index in [0.717, 1.165) is 6.07 Å². The molecule has 0 spiro atoms. The Labute approximate surface area is 105 Å². The Kier molecular flexibility index (Phi) is 3.99. The quantitative estimate of drug-likeness (QED) is 0.839. The van der Waals surface area contributed by atoms with Gasteiger partial charge in [0.2, 0.25) is 0 Å². The van der Waals surface area contributed by atoms with Gasteiger partial charge >= 0.3 is 6.18 Å². The van der Waals surface area contributed by atoms with Crippen LogP contribution >= 0.6 is 0 Å². The first-order valence-corrected chi connectivity index (χ1v) is 5.03. The third kappa shape index (κ3) is 2.93. The highest BCUT2D eigenvalue weighted by atomic mass is 19.4. The number of benzene rings is 1. The molecule has 19 heavy (non-hydrogen) atoms. The van der Waals surface area contributed by atoms with E-state index in [1.807, 2.05) is 0 Å². The maximum atomic E-state index is 13.7. The van der Waals surface area contributed by atoms with Gasteiger partial charge in [0.15, 0.2) is 5.82 Å². The average Bonchev–Trinajstić information content (AvgIpc) is 2.25. The van der Waals surface area contributed by atoms with Gasteiger partial charge in [-0.3, -0.25) is 0 Å². The molecule has 1 aromatic rings. The molecule has 0 heterocycles. The van der Waals surface area contributed by atoms with Crippen LogP contribution in [-0.2, 0) is 12.6 Å². The highest BCUT2D eigenvalue weighted by Crippen LogP contribution is 2.38. The van der Waals surface area contributed by atoms with Crippen molar-refractivity contribution in [3.8, 4) is 6.07 Å². The smallest absolute Gasteiger partial charge is 0.419 e. The van der Waals surface area contributed by atoms with E-state index < -0.39 is 40.5 Å². The van der Waals surface area contributed by atoms with Crippen molar-refractivity contribution < 1.29 is 27.5 Å². The van der Waals surface area contributed by atoms with Crippen LogP contribution in [0.25, 0.3) is 0 Å². The summed E-state index contributed by atoms with van der Waals surface area (Å²) in [4.78, 5) is 10.4. The summed E-state index contributed by atoms with van der Waals surface area (Å²) >= 11 is 0. The number of anilines is 1. The number of nitriles is 1. The molecule has 0 unspecified atom stereocenters. The lowest BCUT2D eigenvalue weighted by molar-refractivity contribution is -0.242. The highest BCUT2D eigenvalue weighted by Gasteiger charge is 2.38. The van der Waals surface area contributed by atoms with Crippen molar-refractivity contribution in [2.24, 2.45) is 0 Å². The van der Waals surface area contributed by atoms with Crippen molar-refractivity contribution >= 4 is 11.8 Å². The topological polar surface area (TPSA) is 75.9 Å². The van der Waals surface area contributed by atoms with Crippen LogP contribution in [0, 0.1) is 17.1 Å². The van der Waals surface area contributed by atoms with Gasteiger partial charge < -0.3 is 15.2 Å². The van der Waals surface area contributed by atoms with Crippen LogP contribution in [0.2, 0.25) is 0 Å². The largest absolute Gasteiger partial charge is 0.530 e. The van der Waals surface area contributed by atoms with Crippen LogP contribution in [0.3, 0.4) is 0 Å². The lowest BCUT2D eigenvalue weighted by Crippen LogP contribution is -2.29. The van der Waals surface area contributed by atoms with E-state index in [9.17, 15) is 27.5 Å².